The van der Waals surface area contributed by atoms with Crippen LogP contribution in [0.15, 0.2) is 0 Å². The van der Waals surface area contributed by atoms with Crippen molar-refractivity contribution in [2.75, 3.05) is 19.6 Å². The van der Waals surface area contributed by atoms with Crippen LogP contribution in [0.1, 0.15) is 5.82 Å². The molecule has 7 heteroatoms. The number of hydrogen-bond acceptors (Lipinski definition) is 6. The number of tetrazole rings is 1. The van der Waals surface area contributed by atoms with Crippen molar-refractivity contribution in [3.63, 3.8) is 0 Å². The van der Waals surface area contributed by atoms with Crippen molar-refractivity contribution in [3.8, 4) is 6.07 Å². The summed E-state index contributed by atoms with van der Waals surface area (Å²) in [5.74, 6) is 0.666. The molecule has 1 aromatic heterocycles. The third-order valence-corrected chi connectivity index (χ3v) is 2.40. The quantitative estimate of drug-likeness (QED) is 0.636. The van der Waals surface area contributed by atoms with Gasteiger partial charge in [0.2, 0.25) is 0 Å². The largest absolute Gasteiger partial charge is 0.313 e. The van der Waals surface area contributed by atoms with Gasteiger partial charge < -0.3 is 5.32 Å². The molecule has 1 unspecified atom stereocenters. The van der Waals surface area contributed by atoms with E-state index in [1.54, 1.807) is 7.05 Å². The molecular weight excluding hydrogens is 194 g/mol. The molecule has 2 heterocycles. The minimum atomic E-state index is -0.0949. The number of nitrogens with one attached hydrogen (secondary N) is 1. The summed E-state index contributed by atoms with van der Waals surface area (Å²) in [6.07, 6.45) is 0. The molecule has 0 bridgehead atoms. The SMILES string of the molecule is Cn1nnc(CN2CCNCC2C#N)n1. The molecule has 1 saturated heterocycles. The zero-order valence-corrected chi connectivity index (χ0v) is 8.59. The number of piperazine rings is 1. The molecule has 0 spiro atoms. The molecule has 7 nitrogen and oxygen atoms in total. The predicted molar refractivity (Wildman–Crippen MR) is 51.5 cm³/mol. The Balaban J connectivity index is 2.01. The van der Waals surface area contributed by atoms with Crippen molar-refractivity contribution in [1.29, 1.82) is 5.26 Å². The molecule has 1 atom stereocenters. The first-order valence-corrected chi connectivity index (χ1v) is 4.87. The molecule has 1 aliphatic rings. The smallest absolute Gasteiger partial charge is 0.188 e. The lowest BCUT2D eigenvalue weighted by atomic mass is 10.2. The first kappa shape index (κ1) is 10.0. The first-order chi connectivity index (χ1) is 7.29. The Bertz CT molecular complexity index is 365. The Labute approximate surface area is 87.7 Å². The normalized spacial score (nSPS) is 22.5. The second kappa shape index (κ2) is 4.33. The van der Waals surface area contributed by atoms with Gasteiger partial charge in [-0.3, -0.25) is 4.90 Å². The average molecular weight is 207 g/mol. The molecule has 2 rings (SSSR count). The van der Waals surface area contributed by atoms with Crippen molar-refractivity contribution in [1.82, 2.24) is 30.4 Å². The second-order valence-corrected chi connectivity index (χ2v) is 3.51. The van der Waals surface area contributed by atoms with E-state index in [0.29, 0.717) is 18.9 Å². The summed E-state index contributed by atoms with van der Waals surface area (Å²) in [5, 5.41) is 23.9. The summed E-state index contributed by atoms with van der Waals surface area (Å²) in [6.45, 7) is 3.04. The van der Waals surface area contributed by atoms with Gasteiger partial charge in [-0.15, -0.1) is 10.2 Å². The van der Waals surface area contributed by atoms with Gasteiger partial charge in [-0.25, -0.2) is 0 Å². The molecule has 1 fully saturated rings. The Morgan fingerprint density at radius 1 is 1.67 bits per heavy atom. The van der Waals surface area contributed by atoms with Crippen molar-refractivity contribution < 1.29 is 0 Å². The van der Waals surface area contributed by atoms with E-state index in [0.717, 1.165) is 13.1 Å². The van der Waals surface area contributed by atoms with Crippen molar-refractivity contribution >= 4 is 0 Å². The van der Waals surface area contributed by atoms with Crippen LogP contribution in [0.3, 0.4) is 0 Å². The zero-order valence-electron chi connectivity index (χ0n) is 8.59. The fourth-order valence-electron chi connectivity index (χ4n) is 1.63. The molecule has 0 radical (unpaired) electrons. The minimum absolute atomic E-state index is 0.0949. The van der Waals surface area contributed by atoms with Gasteiger partial charge in [-0.1, -0.05) is 0 Å². The predicted octanol–water partition coefficient (Wildman–Crippen LogP) is -1.49. The van der Waals surface area contributed by atoms with Crippen LogP contribution in [0, 0.1) is 11.3 Å². The number of aromatic nitrogens is 4. The van der Waals surface area contributed by atoms with Crippen LogP contribution < -0.4 is 5.32 Å². The summed E-state index contributed by atoms with van der Waals surface area (Å²) in [7, 11) is 1.73. The summed E-state index contributed by atoms with van der Waals surface area (Å²) in [5.41, 5.74) is 0. The van der Waals surface area contributed by atoms with Crippen molar-refractivity contribution in [2.45, 2.75) is 12.6 Å². The molecular formula is C8H13N7. The van der Waals surface area contributed by atoms with Crippen molar-refractivity contribution in [3.05, 3.63) is 5.82 Å². The minimum Gasteiger partial charge on any atom is -0.313 e. The Morgan fingerprint density at radius 2 is 2.53 bits per heavy atom. The van der Waals surface area contributed by atoms with E-state index in [1.165, 1.54) is 4.80 Å². The van der Waals surface area contributed by atoms with E-state index in [9.17, 15) is 0 Å². The number of aryl methyl sites for hydroxylation is 1. The maximum Gasteiger partial charge on any atom is 0.188 e. The summed E-state index contributed by atoms with van der Waals surface area (Å²) in [4.78, 5) is 3.49. The van der Waals surface area contributed by atoms with E-state index in [-0.39, 0.29) is 6.04 Å². The van der Waals surface area contributed by atoms with E-state index in [4.69, 9.17) is 5.26 Å². The fraction of sp³-hybridized carbons (Fsp3) is 0.750. The maximum atomic E-state index is 8.95. The molecule has 1 aromatic rings. The third kappa shape index (κ3) is 2.29. The molecule has 15 heavy (non-hydrogen) atoms. The Morgan fingerprint density at radius 3 is 3.20 bits per heavy atom. The van der Waals surface area contributed by atoms with Crippen LogP contribution in [0.4, 0.5) is 0 Å². The number of nitriles is 1. The van der Waals surface area contributed by atoms with Gasteiger partial charge >= 0.3 is 0 Å². The lowest BCUT2D eigenvalue weighted by molar-refractivity contribution is 0.184. The molecule has 80 valence electrons. The highest BCUT2D eigenvalue weighted by molar-refractivity contribution is 4.97. The van der Waals surface area contributed by atoms with Gasteiger partial charge in [-0.05, 0) is 5.21 Å². The molecule has 0 saturated carbocycles. The summed E-state index contributed by atoms with van der Waals surface area (Å²) in [6, 6.07) is 2.17. The van der Waals surface area contributed by atoms with Crippen LogP contribution in [-0.4, -0.2) is 50.8 Å². The van der Waals surface area contributed by atoms with Crippen LogP contribution in [0.25, 0.3) is 0 Å². The highest BCUT2D eigenvalue weighted by Crippen LogP contribution is 2.05. The number of rotatable bonds is 2. The molecule has 1 aliphatic heterocycles. The van der Waals surface area contributed by atoms with Crippen molar-refractivity contribution in [2.24, 2.45) is 7.05 Å². The summed E-state index contributed by atoms with van der Waals surface area (Å²) < 4.78 is 0. The number of nitrogens with zero attached hydrogens (tertiary/aromatic N) is 6. The lowest BCUT2D eigenvalue weighted by Gasteiger charge is -2.30. The highest BCUT2D eigenvalue weighted by Gasteiger charge is 2.22. The van der Waals surface area contributed by atoms with Gasteiger partial charge in [0.05, 0.1) is 19.7 Å². The monoisotopic (exact) mass is 207 g/mol. The molecule has 1 N–H and O–H groups in total. The van der Waals surface area contributed by atoms with E-state index in [2.05, 4.69) is 31.7 Å². The van der Waals surface area contributed by atoms with E-state index in [1.807, 2.05) is 0 Å². The highest BCUT2D eigenvalue weighted by atomic mass is 15.6. The van der Waals surface area contributed by atoms with Gasteiger partial charge in [-0.2, -0.15) is 10.1 Å². The van der Waals surface area contributed by atoms with Crippen LogP contribution in [0.5, 0.6) is 0 Å². The summed E-state index contributed by atoms with van der Waals surface area (Å²) >= 11 is 0. The molecule has 0 aliphatic carbocycles. The molecule has 0 aromatic carbocycles. The lowest BCUT2D eigenvalue weighted by Crippen LogP contribution is -2.50. The van der Waals surface area contributed by atoms with E-state index < -0.39 is 0 Å². The van der Waals surface area contributed by atoms with E-state index >= 15 is 0 Å². The van der Waals surface area contributed by atoms with Gasteiger partial charge in [0.25, 0.3) is 0 Å². The topological polar surface area (TPSA) is 82.7 Å². The third-order valence-electron chi connectivity index (χ3n) is 2.40. The average Bonchev–Trinajstić information content (AvgIpc) is 2.65. The first-order valence-electron chi connectivity index (χ1n) is 4.87. The Kier molecular flexibility index (Phi) is 2.89. The standard InChI is InChI=1S/C8H13N7/c1-14-12-8(11-13-14)6-15-3-2-10-5-7(15)4-9/h7,10H,2-3,5-6H2,1H3. The fourth-order valence-corrected chi connectivity index (χ4v) is 1.63. The van der Waals surface area contributed by atoms with Gasteiger partial charge in [0.1, 0.15) is 6.04 Å². The zero-order chi connectivity index (χ0) is 10.7. The maximum absolute atomic E-state index is 8.95. The van der Waals surface area contributed by atoms with Gasteiger partial charge in [0.15, 0.2) is 5.82 Å². The number of hydrogen-bond donors (Lipinski definition) is 1. The van der Waals surface area contributed by atoms with Gasteiger partial charge in [0, 0.05) is 19.6 Å². The Hall–Kier alpha value is -1.52. The molecule has 0 amide bonds. The second-order valence-electron chi connectivity index (χ2n) is 3.51. The van der Waals surface area contributed by atoms with Crippen LogP contribution in [-0.2, 0) is 13.6 Å². The van der Waals surface area contributed by atoms with Crippen LogP contribution >= 0.6 is 0 Å². The van der Waals surface area contributed by atoms with Crippen LogP contribution in [0.2, 0.25) is 0 Å².